The molecule has 0 spiro atoms. The van der Waals surface area contributed by atoms with Crippen molar-refractivity contribution in [1.82, 2.24) is 0 Å². The predicted octanol–water partition coefficient (Wildman–Crippen LogP) is 2.17. The van der Waals surface area contributed by atoms with Gasteiger partial charge in [-0.1, -0.05) is 13.2 Å². The van der Waals surface area contributed by atoms with Gasteiger partial charge in [-0.25, -0.2) is 9.59 Å². The zero-order valence-electron chi connectivity index (χ0n) is 18.8. The van der Waals surface area contributed by atoms with Crippen LogP contribution in [-0.2, 0) is 28.5 Å². The van der Waals surface area contributed by atoms with Gasteiger partial charge in [-0.15, -0.1) is 0 Å². The molecule has 170 valence electrons. The molecule has 0 fully saturated rings. The van der Waals surface area contributed by atoms with Crippen molar-refractivity contribution >= 4 is 11.9 Å². The first-order valence-corrected chi connectivity index (χ1v) is 9.33. The van der Waals surface area contributed by atoms with Crippen molar-refractivity contribution in [3.63, 3.8) is 0 Å². The molecule has 0 aliphatic heterocycles. The summed E-state index contributed by atoms with van der Waals surface area (Å²) >= 11 is 0. The number of rotatable bonds is 10. The average Bonchev–Trinajstić information content (AvgIpc) is 2.59. The molecule has 0 aliphatic carbocycles. The first kappa shape index (κ1) is 29.5. The maximum Gasteiger partial charge on any atom is 0.333 e. The summed E-state index contributed by atoms with van der Waals surface area (Å²) < 4.78 is 20.0. The third-order valence-corrected chi connectivity index (χ3v) is 2.76. The van der Waals surface area contributed by atoms with Crippen LogP contribution in [0.1, 0.15) is 48.5 Å². The lowest BCUT2D eigenvalue weighted by Crippen LogP contribution is -2.29. The quantitative estimate of drug-likeness (QED) is 0.410. The van der Waals surface area contributed by atoms with E-state index < -0.39 is 24.1 Å². The molecule has 2 unspecified atom stereocenters. The Morgan fingerprint density at radius 3 is 1.55 bits per heavy atom. The van der Waals surface area contributed by atoms with Crippen LogP contribution in [0.25, 0.3) is 0 Å². The highest BCUT2D eigenvalue weighted by atomic mass is 16.6. The van der Waals surface area contributed by atoms with Crippen LogP contribution in [0.4, 0.5) is 0 Å². The molecular formula is C21H38O8. The van der Waals surface area contributed by atoms with Crippen LogP contribution in [0.15, 0.2) is 24.8 Å². The van der Waals surface area contributed by atoms with Gasteiger partial charge in [0.15, 0.2) is 0 Å². The number of hydrogen-bond donors (Lipinski definition) is 2. The third-order valence-electron chi connectivity index (χ3n) is 2.76. The zero-order valence-corrected chi connectivity index (χ0v) is 18.8. The molecule has 0 heterocycles. The van der Waals surface area contributed by atoms with Gasteiger partial charge >= 0.3 is 11.9 Å². The summed E-state index contributed by atoms with van der Waals surface area (Å²) in [5.41, 5.74) is -0.290. The molecule has 0 aromatic rings. The van der Waals surface area contributed by atoms with Crippen LogP contribution < -0.4 is 0 Å². The third kappa shape index (κ3) is 22.4. The molecule has 8 nitrogen and oxygen atoms in total. The highest BCUT2D eigenvalue weighted by molar-refractivity contribution is 5.86. The molecular weight excluding hydrogens is 380 g/mol. The molecule has 0 rings (SSSR count). The Labute approximate surface area is 174 Å². The predicted molar refractivity (Wildman–Crippen MR) is 110 cm³/mol. The minimum atomic E-state index is -0.799. The standard InChI is InChI=1S/C11H20O4.C10H18O4/c1-8(2)10(13)14-6-9(12)7-15-11(3,4)5;1-5-9(12)13-6-8(11)7-14-10(2,3)4/h9,12H,1,6-7H2,2-5H3;5,8,11H,1,6-7H2,2-4H3. The molecule has 0 bridgehead atoms. The van der Waals surface area contributed by atoms with Crippen molar-refractivity contribution in [1.29, 1.82) is 0 Å². The van der Waals surface area contributed by atoms with Crippen LogP contribution in [0, 0.1) is 0 Å². The van der Waals surface area contributed by atoms with Gasteiger partial charge in [-0.2, -0.15) is 0 Å². The number of esters is 2. The van der Waals surface area contributed by atoms with Crippen molar-refractivity contribution in [3.05, 3.63) is 24.8 Å². The van der Waals surface area contributed by atoms with Crippen molar-refractivity contribution in [3.8, 4) is 0 Å². The van der Waals surface area contributed by atoms with Crippen LogP contribution in [0.5, 0.6) is 0 Å². The molecule has 2 N–H and O–H groups in total. The van der Waals surface area contributed by atoms with Crippen molar-refractivity contribution < 1.29 is 38.7 Å². The number of hydrogen-bond acceptors (Lipinski definition) is 8. The second kappa shape index (κ2) is 14.3. The molecule has 8 heteroatoms. The van der Waals surface area contributed by atoms with E-state index in [9.17, 15) is 19.8 Å². The lowest BCUT2D eigenvalue weighted by molar-refractivity contribution is -0.144. The second-order valence-electron chi connectivity index (χ2n) is 8.37. The van der Waals surface area contributed by atoms with Crippen molar-refractivity contribution in [2.45, 2.75) is 71.9 Å². The topological polar surface area (TPSA) is 112 Å². The maximum atomic E-state index is 11.0. The van der Waals surface area contributed by atoms with E-state index in [0.29, 0.717) is 5.57 Å². The number of ether oxygens (including phenoxy) is 4. The van der Waals surface area contributed by atoms with E-state index >= 15 is 0 Å². The van der Waals surface area contributed by atoms with E-state index in [-0.39, 0.29) is 37.6 Å². The van der Waals surface area contributed by atoms with E-state index in [1.165, 1.54) is 0 Å². The Bertz CT molecular complexity index is 514. The normalized spacial score (nSPS) is 13.4. The summed E-state index contributed by atoms with van der Waals surface area (Å²) in [6.45, 7) is 19.7. The maximum absolute atomic E-state index is 11.0. The fourth-order valence-corrected chi connectivity index (χ4v) is 1.32. The first-order chi connectivity index (χ1) is 13.1. The van der Waals surface area contributed by atoms with Gasteiger partial charge in [0.1, 0.15) is 25.4 Å². The van der Waals surface area contributed by atoms with Crippen LogP contribution >= 0.6 is 0 Å². The van der Waals surface area contributed by atoms with E-state index in [0.717, 1.165) is 6.08 Å². The van der Waals surface area contributed by atoms with Crippen LogP contribution in [-0.4, -0.2) is 72.0 Å². The van der Waals surface area contributed by atoms with E-state index in [4.69, 9.17) is 14.2 Å². The summed E-state index contributed by atoms with van der Waals surface area (Å²) in [4.78, 5) is 21.6. The highest BCUT2D eigenvalue weighted by Crippen LogP contribution is 2.08. The van der Waals surface area contributed by atoms with Gasteiger partial charge in [0.25, 0.3) is 0 Å². The summed E-state index contributed by atoms with van der Waals surface area (Å²) in [5, 5.41) is 18.7. The van der Waals surface area contributed by atoms with E-state index in [2.05, 4.69) is 17.9 Å². The minimum Gasteiger partial charge on any atom is -0.460 e. The SMILES string of the molecule is C=C(C)C(=O)OCC(O)COC(C)(C)C.C=CC(=O)OCC(O)COC(C)(C)C. The van der Waals surface area contributed by atoms with Crippen LogP contribution in [0.3, 0.4) is 0 Å². The molecule has 0 amide bonds. The smallest absolute Gasteiger partial charge is 0.333 e. The number of aliphatic hydroxyl groups is 2. The fraction of sp³-hybridized carbons (Fsp3) is 0.714. The Kier molecular flexibility index (Phi) is 14.5. The lowest BCUT2D eigenvalue weighted by atomic mass is 10.2. The number of aliphatic hydroxyl groups excluding tert-OH is 2. The van der Waals surface area contributed by atoms with E-state index in [1.807, 2.05) is 41.5 Å². The van der Waals surface area contributed by atoms with Gasteiger partial charge in [-0.05, 0) is 48.5 Å². The zero-order chi connectivity index (χ0) is 23.3. The van der Waals surface area contributed by atoms with Gasteiger partial charge in [-0.3, -0.25) is 0 Å². The molecule has 0 aromatic carbocycles. The van der Waals surface area contributed by atoms with Gasteiger partial charge in [0, 0.05) is 11.6 Å². The molecule has 0 aromatic heterocycles. The number of carbonyl (C=O) groups excluding carboxylic acids is 2. The van der Waals surface area contributed by atoms with Gasteiger partial charge in [0.2, 0.25) is 0 Å². The fourth-order valence-electron chi connectivity index (χ4n) is 1.32. The Morgan fingerprint density at radius 1 is 0.862 bits per heavy atom. The van der Waals surface area contributed by atoms with Crippen molar-refractivity contribution in [2.24, 2.45) is 0 Å². The highest BCUT2D eigenvalue weighted by Gasteiger charge is 2.15. The summed E-state index contributed by atoms with van der Waals surface area (Å²) in [5.74, 6) is -1.04. The molecule has 29 heavy (non-hydrogen) atoms. The largest absolute Gasteiger partial charge is 0.460 e. The van der Waals surface area contributed by atoms with Crippen molar-refractivity contribution in [2.75, 3.05) is 26.4 Å². The minimum absolute atomic E-state index is 0.0677. The number of carbonyl (C=O) groups is 2. The molecule has 0 saturated carbocycles. The van der Waals surface area contributed by atoms with Crippen LogP contribution in [0.2, 0.25) is 0 Å². The summed E-state index contributed by atoms with van der Waals surface area (Å²) in [6, 6.07) is 0. The Balaban J connectivity index is 0. The molecule has 2 atom stereocenters. The second-order valence-corrected chi connectivity index (χ2v) is 8.37. The van der Waals surface area contributed by atoms with Gasteiger partial charge < -0.3 is 29.2 Å². The van der Waals surface area contributed by atoms with E-state index in [1.54, 1.807) is 6.92 Å². The average molecular weight is 419 g/mol. The lowest BCUT2D eigenvalue weighted by Gasteiger charge is -2.21. The molecule has 0 aliphatic rings. The Hall–Kier alpha value is -1.74. The van der Waals surface area contributed by atoms with Gasteiger partial charge in [0.05, 0.1) is 24.4 Å². The first-order valence-electron chi connectivity index (χ1n) is 9.33. The summed E-state index contributed by atoms with van der Waals surface area (Å²) in [6.07, 6.45) is -0.539. The molecule has 0 saturated heterocycles. The Morgan fingerprint density at radius 2 is 1.24 bits per heavy atom. The monoisotopic (exact) mass is 418 g/mol. The molecule has 0 radical (unpaired) electrons. The summed E-state index contributed by atoms with van der Waals surface area (Å²) in [7, 11) is 0.